The van der Waals surface area contributed by atoms with Gasteiger partial charge in [-0.3, -0.25) is 4.72 Å². The molecular formula is C17H18FN3O5S2. The molecular weight excluding hydrogens is 409 g/mol. The van der Waals surface area contributed by atoms with Gasteiger partial charge >= 0.3 is 10.2 Å². The predicted octanol–water partition coefficient (Wildman–Crippen LogP) is 2.11. The smallest absolute Gasteiger partial charge is 0.330 e. The largest absolute Gasteiger partial charge is 0.493 e. The number of nitrogens with one attached hydrogen (secondary N) is 2. The Morgan fingerprint density at radius 3 is 2.50 bits per heavy atom. The Balaban J connectivity index is 1.93. The van der Waals surface area contributed by atoms with E-state index in [0.717, 1.165) is 18.0 Å². The number of halogens is 1. The summed E-state index contributed by atoms with van der Waals surface area (Å²) in [6.45, 7) is 1.85. The quantitative estimate of drug-likeness (QED) is 0.676. The zero-order chi connectivity index (χ0) is 20.7. The van der Waals surface area contributed by atoms with Gasteiger partial charge in [-0.05, 0) is 42.7 Å². The Hall–Kier alpha value is -2.79. The monoisotopic (exact) mass is 427 g/mol. The lowest BCUT2D eigenvalue weighted by molar-refractivity contribution is 0.392. The van der Waals surface area contributed by atoms with Gasteiger partial charge in [0.15, 0.2) is 0 Å². The summed E-state index contributed by atoms with van der Waals surface area (Å²) >= 11 is 0. The summed E-state index contributed by atoms with van der Waals surface area (Å²) < 4.78 is 66.3. The first-order valence-corrected chi connectivity index (χ1v) is 11.4. The van der Waals surface area contributed by atoms with E-state index in [0.29, 0.717) is 21.1 Å². The van der Waals surface area contributed by atoms with Crippen LogP contribution in [0.3, 0.4) is 0 Å². The lowest BCUT2D eigenvalue weighted by Crippen LogP contribution is -2.30. The van der Waals surface area contributed by atoms with Crippen molar-refractivity contribution in [3.63, 3.8) is 0 Å². The lowest BCUT2D eigenvalue weighted by Gasteiger charge is -2.16. The molecule has 0 amide bonds. The van der Waals surface area contributed by atoms with Crippen LogP contribution < -0.4 is 13.7 Å². The molecule has 0 bridgehead atoms. The molecule has 2 aromatic rings. The topological polar surface area (TPSA) is 116 Å². The van der Waals surface area contributed by atoms with E-state index >= 15 is 0 Å². The van der Waals surface area contributed by atoms with Gasteiger partial charge < -0.3 is 5.11 Å². The van der Waals surface area contributed by atoms with E-state index in [1.54, 1.807) is 18.2 Å². The van der Waals surface area contributed by atoms with E-state index in [-0.39, 0.29) is 12.1 Å². The third kappa shape index (κ3) is 4.37. The number of aliphatic hydroxyl groups excluding tert-OH is 1. The molecule has 0 saturated carbocycles. The molecule has 0 unspecified atom stereocenters. The van der Waals surface area contributed by atoms with Crippen LogP contribution in [0.4, 0.5) is 15.8 Å². The van der Waals surface area contributed by atoms with Crippen molar-refractivity contribution in [2.75, 3.05) is 15.3 Å². The molecule has 150 valence electrons. The van der Waals surface area contributed by atoms with Crippen molar-refractivity contribution in [1.82, 2.24) is 4.72 Å². The number of rotatable bonds is 5. The first-order chi connectivity index (χ1) is 12.9. The zero-order valence-corrected chi connectivity index (χ0v) is 16.6. The van der Waals surface area contributed by atoms with E-state index in [9.17, 15) is 26.3 Å². The maximum atomic E-state index is 14.6. The second-order valence-corrected chi connectivity index (χ2v) is 9.71. The zero-order valence-electron chi connectivity index (χ0n) is 15.0. The number of aryl methyl sites for hydroxylation is 1. The number of sulfonamides is 1. The highest BCUT2D eigenvalue weighted by Gasteiger charge is 2.30. The minimum Gasteiger partial charge on any atom is -0.493 e. The van der Waals surface area contributed by atoms with Crippen LogP contribution in [0.5, 0.6) is 0 Å². The molecule has 0 radical (unpaired) electrons. The van der Waals surface area contributed by atoms with Crippen molar-refractivity contribution in [3.05, 3.63) is 71.0 Å². The van der Waals surface area contributed by atoms with E-state index in [1.807, 2.05) is 11.6 Å². The van der Waals surface area contributed by atoms with Crippen molar-refractivity contribution in [1.29, 1.82) is 0 Å². The maximum absolute atomic E-state index is 14.6. The summed E-state index contributed by atoms with van der Waals surface area (Å²) in [5.74, 6) is -1.42. The maximum Gasteiger partial charge on any atom is 0.330 e. The lowest BCUT2D eigenvalue weighted by atomic mass is 10.0. The highest BCUT2D eigenvalue weighted by Crippen LogP contribution is 2.28. The third-order valence-corrected chi connectivity index (χ3v) is 5.81. The standard InChI is InChI=1S/C17H18FN3O5S2/c1-11-3-5-15(19-27(2,23)24)13(7-11)8-12-4-6-16(14(18)9-12)21-10-17(22)20-28(21,25)26/h3-7,9-10,19-20,22H,8H2,1-2H3. The molecule has 11 heteroatoms. The predicted molar refractivity (Wildman–Crippen MR) is 104 cm³/mol. The van der Waals surface area contributed by atoms with Gasteiger partial charge in [-0.2, -0.15) is 8.42 Å². The van der Waals surface area contributed by atoms with Crippen molar-refractivity contribution in [3.8, 4) is 0 Å². The molecule has 8 nitrogen and oxygen atoms in total. The first kappa shape index (κ1) is 20.0. The van der Waals surface area contributed by atoms with Gasteiger partial charge in [0.1, 0.15) is 5.82 Å². The summed E-state index contributed by atoms with van der Waals surface area (Å²) in [6, 6.07) is 9.15. The molecule has 1 aliphatic rings. The highest BCUT2D eigenvalue weighted by molar-refractivity contribution is 7.92. The summed E-state index contributed by atoms with van der Waals surface area (Å²) in [4.78, 5) is 0. The number of anilines is 2. The van der Waals surface area contributed by atoms with Crippen LogP contribution in [0.2, 0.25) is 0 Å². The van der Waals surface area contributed by atoms with Gasteiger partial charge in [0.25, 0.3) is 0 Å². The number of nitrogens with zero attached hydrogens (tertiary/aromatic N) is 1. The first-order valence-electron chi connectivity index (χ1n) is 8.03. The minimum atomic E-state index is -4.09. The van der Waals surface area contributed by atoms with Gasteiger partial charge in [0.05, 0.1) is 23.8 Å². The van der Waals surface area contributed by atoms with Gasteiger partial charge in [-0.25, -0.2) is 21.8 Å². The molecule has 0 aromatic heterocycles. The Morgan fingerprint density at radius 2 is 1.93 bits per heavy atom. The normalized spacial score (nSPS) is 15.8. The number of aliphatic hydroxyl groups is 1. The van der Waals surface area contributed by atoms with E-state index < -0.39 is 31.9 Å². The SMILES string of the molecule is Cc1ccc(NS(C)(=O)=O)c(Cc2ccc(N3C=C(O)NS3(=O)=O)c(F)c2)c1. The molecule has 1 aliphatic heterocycles. The molecule has 0 aliphatic carbocycles. The van der Waals surface area contributed by atoms with Crippen molar-refractivity contribution >= 4 is 31.6 Å². The highest BCUT2D eigenvalue weighted by atomic mass is 32.2. The summed E-state index contributed by atoms with van der Waals surface area (Å²) in [5, 5.41) is 9.34. The fraction of sp³-hybridized carbons (Fsp3) is 0.176. The molecule has 0 spiro atoms. The summed E-state index contributed by atoms with van der Waals surface area (Å²) in [6.07, 6.45) is 2.13. The fourth-order valence-corrected chi connectivity index (χ4v) is 4.47. The Labute approximate surface area is 162 Å². The van der Waals surface area contributed by atoms with Crippen LogP contribution in [0, 0.1) is 12.7 Å². The average Bonchev–Trinajstić information content (AvgIpc) is 2.81. The van der Waals surface area contributed by atoms with Gasteiger partial charge in [0, 0.05) is 0 Å². The van der Waals surface area contributed by atoms with Crippen molar-refractivity contribution < 1.29 is 26.3 Å². The van der Waals surface area contributed by atoms with E-state index in [4.69, 9.17) is 0 Å². The Kier molecular flexibility index (Phi) is 4.98. The second-order valence-electron chi connectivity index (χ2n) is 6.41. The molecule has 0 saturated heterocycles. The van der Waals surface area contributed by atoms with E-state index in [1.165, 1.54) is 18.2 Å². The average molecular weight is 427 g/mol. The van der Waals surface area contributed by atoms with Crippen LogP contribution in [-0.4, -0.2) is 28.2 Å². The van der Waals surface area contributed by atoms with Crippen LogP contribution in [0.15, 0.2) is 48.5 Å². The molecule has 3 N–H and O–H groups in total. The van der Waals surface area contributed by atoms with Crippen molar-refractivity contribution in [2.24, 2.45) is 0 Å². The van der Waals surface area contributed by atoms with E-state index in [2.05, 4.69) is 4.72 Å². The molecule has 2 aromatic carbocycles. The molecule has 3 rings (SSSR count). The summed E-state index contributed by atoms with van der Waals surface area (Å²) in [5.41, 5.74) is 2.20. The third-order valence-electron chi connectivity index (χ3n) is 3.93. The minimum absolute atomic E-state index is 0.225. The van der Waals surface area contributed by atoms with Crippen LogP contribution in [0.1, 0.15) is 16.7 Å². The molecule has 1 heterocycles. The molecule has 28 heavy (non-hydrogen) atoms. The van der Waals surface area contributed by atoms with Crippen molar-refractivity contribution in [2.45, 2.75) is 13.3 Å². The molecule has 0 atom stereocenters. The van der Waals surface area contributed by atoms with Crippen LogP contribution in [-0.2, 0) is 26.7 Å². The Bertz CT molecular complexity index is 1180. The van der Waals surface area contributed by atoms with Crippen LogP contribution >= 0.6 is 0 Å². The number of hydrogen-bond donors (Lipinski definition) is 3. The second kappa shape index (κ2) is 6.99. The number of hydrogen-bond acceptors (Lipinski definition) is 5. The summed E-state index contributed by atoms with van der Waals surface area (Å²) in [7, 11) is -7.58. The van der Waals surface area contributed by atoms with Crippen LogP contribution in [0.25, 0.3) is 0 Å². The number of benzene rings is 2. The van der Waals surface area contributed by atoms with Gasteiger partial charge in [-0.15, -0.1) is 0 Å². The molecule has 0 fully saturated rings. The van der Waals surface area contributed by atoms with Gasteiger partial charge in [-0.1, -0.05) is 23.8 Å². The Morgan fingerprint density at radius 1 is 1.21 bits per heavy atom. The fourth-order valence-electron chi connectivity index (χ4n) is 2.81. The van der Waals surface area contributed by atoms with Gasteiger partial charge in [0.2, 0.25) is 15.9 Å².